The first kappa shape index (κ1) is 13.3. The molecule has 2 N–H and O–H groups in total. The topological polar surface area (TPSA) is 71.5 Å². The number of carboxylic acid groups (broad SMARTS) is 1. The van der Waals surface area contributed by atoms with Gasteiger partial charge in [0.15, 0.2) is 0 Å². The van der Waals surface area contributed by atoms with Gasteiger partial charge in [-0.3, -0.25) is 0 Å². The van der Waals surface area contributed by atoms with Crippen LogP contribution in [0.1, 0.15) is 26.2 Å². The summed E-state index contributed by atoms with van der Waals surface area (Å²) in [4.78, 5) is 15.0. The highest BCUT2D eigenvalue weighted by Gasteiger charge is 2.16. The van der Waals surface area contributed by atoms with Crippen molar-refractivity contribution in [3.8, 4) is 5.88 Å². The number of methoxy groups -OCH3 is 1. The van der Waals surface area contributed by atoms with E-state index >= 15 is 0 Å². The maximum Gasteiger partial charge on any atom is 0.326 e. The summed E-state index contributed by atoms with van der Waals surface area (Å²) in [5, 5.41) is 12.0. The Morgan fingerprint density at radius 3 is 3.00 bits per heavy atom. The van der Waals surface area contributed by atoms with Crippen molar-refractivity contribution in [3.63, 3.8) is 0 Å². The van der Waals surface area contributed by atoms with E-state index in [9.17, 15) is 4.79 Å². The molecular weight excluding hydrogens is 220 g/mol. The Hall–Kier alpha value is -1.78. The van der Waals surface area contributed by atoms with Crippen molar-refractivity contribution in [1.29, 1.82) is 0 Å². The van der Waals surface area contributed by atoms with Crippen molar-refractivity contribution in [2.45, 2.75) is 32.2 Å². The van der Waals surface area contributed by atoms with E-state index in [1.165, 1.54) is 7.11 Å². The molecule has 0 saturated heterocycles. The lowest BCUT2D eigenvalue weighted by Gasteiger charge is -2.15. The van der Waals surface area contributed by atoms with E-state index in [4.69, 9.17) is 9.84 Å². The molecule has 0 amide bonds. The molecule has 94 valence electrons. The van der Waals surface area contributed by atoms with Crippen molar-refractivity contribution >= 4 is 11.7 Å². The quantitative estimate of drug-likeness (QED) is 0.761. The molecule has 1 rings (SSSR count). The first-order valence-electron chi connectivity index (χ1n) is 5.66. The maximum absolute atomic E-state index is 11.1. The van der Waals surface area contributed by atoms with Gasteiger partial charge in [0.25, 0.3) is 0 Å². The molecular formula is C12H18N2O3. The van der Waals surface area contributed by atoms with E-state index < -0.39 is 12.0 Å². The molecule has 5 heteroatoms. The first-order valence-corrected chi connectivity index (χ1v) is 5.66. The van der Waals surface area contributed by atoms with E-state index in [1.54, 1.807) is 18.3 Å². The minimum absolute atomic E-state index is 0.467. The lowest BCUT2D eigenvalue weighted by atomic mass is 10.1. The van der Waals surface area contributed by atoms with Crippen LogP contribution in [-0.4, -0.2) is 29.2 Å². The number of pyridine rings is 1. The van der Waals surface area contributed by atoms with Crippen LogP contribution in [0.4, 0.5) is 5.69 Å². The van der Waals surface area contributed by atoms with Gasteiger partial charge in [0.1, 0.15) is 6.04 Å². The number of hydrogen-bond acceptors (Lipinski definition) is 4. The monoisotopic (exact) mass is 238 g/mol. The Morgan fingerprint density at radius 2 is 2.41 bits per heavy atom. The molecule has 0 radical (unpaired) electrons. The molecule has 1 atom stereocenters. The summed E-state index contributed by atoms with van der Waals surface area (Å²) in [7, 11) is 1.53. The summed E-state index contributed by atoms with van der Waals surface area (Å²) in [6, 6.07) is 2.84. The van der Waals surface area contributed by atoms with Crippen LogP contribution in [0.5, 0.6) is 5.88 Å². The number of anilines is 1. The summed E-state index contributed by atoms with van der Waals surface area (Å²) < 4.78 is 4.98. The lowest BCUT2D eigenvalue weighted by molar-refractivity contribution is -0.138. The van der Waals surface area contributed by atoms with Crippen molar-refractivity contribution in [3.05, 3.63) is 18.3 Å². The van der Waals surface area contributed by atoms with Gasteiger partial charge in [-0.1, -0.05) is 19.8 Å². The summed E-state index contributed by atoms with van der Waals surface area (Å²) in [5.41, 5.74) is 0.709. The average Bonchev–Trinajstić information content (AvgIpc) is 2.34. The van der Waals surface area contributed by atoms with E-state index in [1.807, 2.05) is 6.92 Å². The minimum Gasteiger partial charge on any atom is -0.481 e. The van der Waals surface area contributed by atoms with Crippen LogP contribution in [0.25, 0.3) is 0 Å². The zero-order valence-electron chi connectivity index (χ0n) is 10.1. The smallest absolute Gasteiger partial charge is 0.326 e. The van der Waals surface area contributed by atoms with Gasteiger partial charge in [-0.25, -0.2) is 9.78 Å². The molecule has 0 aromatic carbocycles. The third kappa shape index (κ3) is 4.30. The highest BCUT2D eigenvalue weighted by Crippen LogP contribution is 2.16. The highest BCUT2D eigenvalue weighted by atomic mass is 16.5. The number of ether oxygens (including phenoxy) is 1. The Labute approximate surface area is 101 Å². The summed E-state index contributed by atoms with van der Waals surface area (Å²) in [6.45, 7) is 2.04. The minimum atomic E-state index is -0.839. The third-order valence-corrected chi connectivity index (χ3v) is 2.43. The van der Waals surface area contributed by atoms with Crippen LogP contribution < -0.4 is 10.1 Å². The predicted molar refractivity (Wildman–Crippen MR) is 65.4 cm³/mol. The zero-order chi connectivity index (χ0) is 12.7. The highest BCUT2D eigenvalue weighted by molar-refractivity contribution is 5.77. The number of nitrogens with zero attached hydrogens (tertiary/aromatic N) is 1. The Kier molecular flexibility index (Phi) is 5.26. The van der Waals surface area contributed by atoms with Crippen LogP contribution >= 0.6 is 0 Å². The van der Waals surface area contributed by atoms with Crippen molar-refractivity contribution in [2.75, 3.05) is 12.4 Å². The number of rotatable bonds is 7. The van der Waals surface area contributed by atoms with Gasteiger partial charge in [0, 0.05) is 18.0 Å². The van der Waals surface area contributed by atoms with Crippen molar-refractivity contribution in [1.82, 2.24) is 4.98 Å². The number of carboxylic acids is 1. The molecule has 17 heavy (non-hydrogen) atoms. The fourth-order valence-electron chi connectivity index (χ4n) is 1.48. The van der Waals surface area contributed by atoms with Crippen LogP contribution in [0, 0.1) is 0 Å². The van der Waals surface area contributed by atoms with Gasteiger partial charge in [-0.15, -0.1) is 0 Å². The fraction of sp³-hybridized carbons (Fsp3) is 0.500. The molecule has 0 bridgehead atoms. The molecule has 0 aliphatic heterocycles. The molecule has 0 saturated carbocycles. The number of aromatic nitrogens is 1. The maximum atomic E-state index is 11.1. The number of aliphatic carboxylic acids is 1. The van der Waals surface area contributed by atoms with Gasteiger partial charge in [-0.2, -0.15) is 0 Å². The van der Waals surface area contributed by atoms with Crippen LogP contribution in [0.2, 0.25) is 0 Å². The molecule has 1 unspecified atom stereocenters. The molecule has 0 aliphatic carbocycles. The largest absolute Gasteiger partial charge is 0.481 e. The molecule has 0 fully saturated rings. The number of unbranched alkanes of at least 4 members (excludes halogenated alkanes) is 1. The number of hydrogen-bond donors (Lipinski definition) is 2. The van der Waals surface area contributed by atoms with Crippen LogP contribution in [0.3, 0.4) is 0 Å². The van der Waals surface area contributed by atoms with Gasteiger partial charge in [0.2, 0.25) is 5.88 Å². The summed E-state index contributed by atoms with van der Waals surface area (Å²) >= 11 is 0. The molecule has 1 aromatic rings. The van der Waals surface area contributed by atoms with Gasteiger partial charge in [0.05, 0.1) is 7.11 Å². The Morgan fingerprint density at radius 1 is 1.65 bits per heavy atom. The number of nitrogens with one attached hydrogen (secondary N) is 1. The summed E-state index contributed by atoms with van der Waals surface area (Å²) in [6.07, 6.45) is 4.05. The normalized spacial score (nSPS) is 11.9. The second-order valence-corrected chi connectivity index (χ2v) is 3.76. The van der Waals surface area contributed by atoms with Gasteiger partial charge >= 0.3 is 5.97 Å². The van der Waals surface area contributed by atoms with E-state index in [2.05, 4.69) is 10.3 Å². The number of carbonyl (C=O) groups is 1. The molecule has 1 heterocycles. The van der Waals surface area contributed by atoms with Crippen molar-refractivity contribution < 1.29 is 14.6 Å². The second-order valence-electron chi connectivity index (χ2n) is 3.76. The Bertz CT molecular complexity index is 369. The van der Waals surface area contributed by atoms with Crippen LogP contribution in [0.15, 0.2) is 18.3 Å². The van der Waals surface area contributed by atoms with Crippen molar-refractivity contribution in [2.24, 2.45) is 0 Å². The third-order valence-electron chi connectivity index (χ3n) is 2.43. The zero-order valence-corrected chi connectivity index (χ0v) is 10.1. The summed E-state index contributed by atoms with van der Waals surface area (Å²) in [5.74, 6) is -0.371. The molecule has 1 aromatic heterocycles. The van der Waals surface area contributed by atoms with Crippen LogP contribution in [-0.2, 0) is 4.79 Å². The lowest BCUT2D eigenvalue weighted by Crippen LogP contribution is -2.29. The fourth-order valence-corrected chi connectivity index (χ4v) is 1.48. The Balaban J connectivity index is 2.67. The molecule has 0 aliphatic rings. The van der Waals surface area contributed by atoms with E-state index in [0.717, 1.165) is 12.8 Å². The predicted octanol–water partition coefficient (Wildman–Crippen LogP) is 2.15. The molecule has 5 nitrogen and oxygen atoms in total. The van der Waals surface area contributed by atoms with E-state index in [0.29, 0.717) is 18.0 Å². The van der Waals surface area contributed by atoms with Gasteiger partial charge < -0.3 is 15.2 Å². The average molecular weight is 238 g/mol. The standard InChI is InChI=1S/C12H18N2O3/c1-3-4-5-10(12(15)16)14-9-6-7-13-11(8-9)17-2/h6-8,10H,3-5H2,1-2H3,(H,13,14)(H,15,16). The van der Waals surface area contributed by atoms with E-state index in [-0.39, 0.29) is 0 Å². The second kappa shape index (κ2) is 6.73. The molecule has 0 spiro atoms. The van der Waals surface area contributed by atoms with Gasteiger partial charge in [-0.05, 0) is 12.5 Å². The first-order chi connectivity index (χ1) is 8.17. The SMILES string of the molecule is CCCCC(Nc1ccnc(OC)c1)C(=O)O.